The first-order chi connectivity index (χ1) is 13.1. The second-order valence-electron chi connectivity index (χ2n) is 6.54. The number of carbonyl (C=O) groups excluding carboxylic acids is 2. The summed E-state index contributed by atoms with van der Waals surface area (Å²) in [5.41, 5.74) is 1.14. The van der Waals surface area contributed by atoms with Crippen LogP contribution in [0.15, 0.2) is 59.5 Å². The van der Waals surface area contributed by atoms with Gasteiger partial charge in [0, 0.05) is 27.7 Å². The van der Waals surface area contributed by atoms with Crippen LogP contribution in [0.2, 0.25) is 0 Å². The van der Waals surface area contributed by atoms with Gasteiger partial charge in [-0.25, -0.2) is 17.5 Å². The van der Waals surface area contributed by atoms with E-state index in [1.165, 1.54) is 50.2 Å². The molecule has 0 saturated carbocycles. The maximum atomic E-state index is 12.4. The zero-order valence-electron chi connectivity index (χ0n) is 16.3. The number of nitrogens with zero attached hydrogens (tertiary/aromatic N) is 2. The van der Waals surface area contributed by atoms with E-state index >= 15 is 0 Å². The van der Waals surface area contributed by atoms with E-state index in [9.17, 15) is 18.0 Å². The fraction of sp³-hybridized carbons (Fsp3) is 0.300. The molecule has 2 aromatic carbocycles. The molecule has 0 fully saturated rings. The third-order valence-electron chi connectivity index (χ3n) is 4.14. The van der Waals surface area contributed by atoms with Gasteiger partial charge >= 0.3 is 5.97 Å². The van der Waals surface area contributed by atoms with Crippen molar-refractivity contribution in [2.45, 2.75) is 24.5 Å². The SMILES string of the molecule is C[C@H](OC(=O)c1ccc(S(=O)(=O)N(C)C)cc1)C(=O)N(C)Cc1ccccc1. The largest absolute Gasteiger partial charge is 0.449 e. The first kappa shape index (κ1) is 21.6. The normalized spacial score (nSPS) is 12.5. The average Bonchev–Trinajstić information content (AvgIpc) is 2.67. The first-order valence-electron chi connectivity index (χ1n) is 8.65. The molecular formula is C20H24N2O5S. The summed E-state index contributed by atoms with van der Waals surface area (Å²) in [6.07, 6.45) is -0.966. The number of ether oxygens (including phenoxy) is 1. The van der Waals surface area contributed by atoms with E-state index in [1.54, 1.807) is 7.05 Å². The predicted molar refractivity (Wildman–Crippen MR) is 105 cm³/mol. The summed E-state index contributed by atoms with van der Waals surface area (Å²) in [6.45, 7) is 1.91. The number of hydrogen-bond donors (Lipinski definition) is 0. The minimum atomic E-state index is -3.58. The molecule has 150 valence electrons. The Labute approximate surface area is 165 Å². The molecule has 0 N–H and O–H groups in total. The Morgan fingerprint density at radius 2 is 1.54 bits per heavy atom. The summed E-state index contributed by atoms with van der Waals surface area (Å²) in [4.78, 5) is 26.3. The molecule has 2 rings (SSSR count). The number of amides is 1. The highest BCUT2D eigenvalue weighted by atomic mass is 32.2. The first-order valence-corrected chi connectivity index (χ1v) is 10.1. The Bertz CT molecular complexity index is 925. The highest BCUT2D eigenvalue weighted by Crippen LogP contribution is 2.15. The molecule has 0 aliphatic carbocycles. The van der Waals surface area contributed by atoms with Crippen molar-refractivity contribution in [1.29, 1.82) is 0 Å². The lowest BCUT2D eigenvalue weighted by Crippen LogP contribution is -2.37. The van der Waals surface area contributed by atoms with E-state index in [4.69, 9.17) is 4.74 Å². The van der Waals surface area contributed by atoms with Crippen molar-refractivity contribution in [3.8, 4) is 0 Å². The molecule has 0 aliphatic rings. The molecule has 0 aromatic heterocycles. The molecule has 0 spiro atoms. The minimum Gasteiger partial charge on any atom is -0.449 e. The Kier molecular flexibility index (Phi) is 6.93. The van der Waals surface area contributed by atoms with Crippen LogP contribution in [0.4, 0.5) is 0 Å². The fourth-order valence-electron chi connectivity index (χ4n) is 2.50. The van der Waals surface area contributed by atoms with Gasteiger partial charge in [-0.3, -0.25) is 4.79 Å². The molecule has 0 heterocycles. The molecule has 1 amide bonds. The molecular weight excluding hydrogens is 380 g/mol. The van der Waals surface area contributed by atoms with Crippen molar-refractivity contribution in [2.24, 2.45) is 0 Å². The third-order valence-corrected chi connectivity index (χ3v) is 5.97. The predicted octanol–water partition coefficient (Wildman–Crippen LogP) is 2.14. The quantitative estimate of drug-likeness (QED) is 0.660. The van der Waals surface area contributed by atoms with Crippen LogP contribution < -0.4 is 0 Å². The van der Waals surface area contributed by atoms with Crippen LogP contribution in [0, 0.1) is 0 Å². The van der Waals surface area contributed by atoms with Gasteiger partial charge in [0.1, 0.15) is 0 Å². The highest BCUT2D eigenvalue weighted by molar-refractivity contribution is 7.89. The lowest BCUT2D eigenvalue weighted by molar-refractivity contribution is -0.139. The number of sulfonamides is 1. The van der Waals surface area contributed by atoms with Gasteiger partial charge in [-0.1, -0.05) is 30.3 Å². The zero-order chi connectivity index (χ0) is 20.9. The Morgan fingerprint density at radius 3 is 2.07 bits per heavy atom. The fourth-order valence-corrected chi connectivity index (χ4v) is 3.40. The maximum absolute atomic E-state index is 12.4. The summed E-state index contributed by atoms with van der Waals surface area (Å²) in [5, 5.41) is 0. The van der Waals surface area contributed by atoms with Gasteiger partial charge in [-0.2, -0.15) is 0 Å². The Hall–Kier alpha value is -2.71. The minimum absolute atomic E-state index is 0.0702. The molecule has 2 aromatic rings. The second-order valence-corrected chi connectivity index (χ2v) is 8.69. The zero-order valence-corrected chi connectivity index (χ0v) is 17.1. The van der Waals surface area contributed by atoms with Gasteiger partial charge in [0.05, 0.1) is 10.5 Å². The molecule has 28 heavy (non-hydrogen) atoms. The van der Waals surface area contributed by atoms with Crippen LogP contribution >= 0.6 is 0 Å². The molecule has 1 atom stereocenters. The number of likely N-dealkylation sites (N-methyl/N-ethyl adjacent to an activating group) is 1. The van der Waals surface area contributed by atoms with Gasteiger partial charge in [0.25, 0.3) is 5.91 Å². The molecule has 0 saturated heterocycles. The van der Waals surface area contributed by atoms with E-state index < -0.39 is 22.1 Å². The molecule has 0 unspecified atom stereocenters. The summed E-state index contributed by atoms with van der Waals surface area (Å²) in [6, 6.07) is 14.9. The van der Waals surface area contributed by atoms with E-state index in [0.29, 0.717) is 6.54 Å². The third kappa shape index (κ3) is 5.17. The Morgan fingerprint density at radius 1 is 0.964 bits per heavy atom. The molecule has 8 heteroatoms. The second kappa shape index (κ2) is 8.99. The van der Waals surface area contributed by atoms with E-state index in [0.717, 1.165) is 9.87 Å². The van der Waals surface area contributed by atoms with Gasteiger partial charge in [-0.05, 0) is 36.8 Å². The van der Waals surface area contributed by atoms with E-state index in [2.05, 4.69) is 0 Å². The standard InChI is InChI=1S/C20H24N2O5S/c1-15(19(23)22(4)14-16-8-6-5-7-9-16)27-20(24)17-10-12-18(13-11-17)28(25,26)21(2)3/h5-13,15H,14H2,1-4H3/t15-/m0/s1. The van der Waals surface area contributed by atoms with Gasteiger partial charge in [0.15, 0.2) is 6.10 Å². The molecule has 7 nitrogen and oxygen atoms in total. The van der Waals surface area contributed by atoms with Gasteiger partial charge in [0.2, 0.25) is 10.0 Å². The van der Waals surface area contributed by atoms with Crippen molar-refractivity contribution >= 4 is 21.9 Å². The number of benzene rings is 2. The van der Waals surface area contributed by atoms with Crippen LogP contribution in [-0.2, 0) is 26.1 Å². The molecule has 0 radical (unpaired) electrons. The van der Waals surface area contributed by atoms with Crippen molar-refractivity contribution in [1.82, 2.24) is 9.21 Å². The average molecular weight is 404 g/mol. The van der Waals surface area contributed by atoms with Crippen molar-refractivity contribution in [3.63, 3.8) is 0 Å². The monoisotopic (exact) mass is 404 g/mol. The highest BCUT2D eigenvalue weighted by Gasteiger charge is 2.23. The van der Waals surface area contributed by atoms with Crippen LogP contribution in [-0.4, -0.2) is 56.7 Å². The Balaban J connectivity index is 2.00. The summed E-state index contributed by atoms with van der Waals surface area (Å²) in [7, 11) is 0.918. The smallest absolute Gasteiger partial charge is 0.338 e. The van der Waals surface area contributed by atoms with Crippen LogP contribution in [0.25, 0.3) is 0 Å². The summed E-state index contributed by atoms with van der Waals surface area (Å²) < 4.78 is 30.5. The van der Waals surface area contributed by atoms with Crippen LogP contribution in [0.3, 0.4) is 0 Å². The van der Waals surface area contributed by atoms with Gasteiger partial charge < -0.3 is 9.64 Å². The van der Waals surface area contributed by atoms with Crippen LogP contribution in [0.5, 0.6) is 0 Å². The van der Waals surface area contributed by atoms with Gasteiger partial charge in [-0.15, -0.1) is 0 Å². The maximum Gasteiger partial charge on any atom is 0.338 e. The lowest BCUT2D eigenvalue weighted by atomic mass is 10.2. The molecule has 0 aliphatic heterocycles. The lowest BCUT2D eigenvalue weighted by Gasteiger charge is -2.21. The van der Waals surface area contributed by atoms with Crippen LogP contribution in [0.1, 0.15) is 22.8 Å². The summed E-state index contributed by atoms with van der Waals surface area (Å²) in [5.74, 6) is -1.02. The van der Waals surface area contributed by atoms with E-state index in [1.807, 2.05) is 30.3 Å². The van der Waals surface area contributed by atoms with E-state index in [-0.39, 0.29) is 16.4 Å². The summed E-state index contributed by atoms with van der Waals surface area (Å²) >= 11 is 0. The number of carbonyl (C=O) groups is 2. The topological polar surface area (TPSA) is 84.0 Å². The number of rotatable bonds is 7. The van der Waals surface area contributed by atoms with Crippen molar-refractivity contribution in [3.05, 3.63) is 65.7 Å². The number of esters is 1. The van der Waals surface area contributed by atoms with Crippen molar-refractivity contribution in [2.75, 3.05) is 21.1 Å². The molecule has 0 bridgehead atoms. The number of hydrogen-bond acceptors (Lipinski definition) is 5. The van der Waals surface area contributed by atoms with Crippen molar-refractivity contribution < 1.29 is 22.7 Å².